The molecular formula is C11H16ClN3O. The zero-order valence-electron chi connectivity index (χ0n) is 9.40. The van der Waals surface area contributed by atoms with Gasteiger partial charge in [0, 0.05) is 25.0 Å². The summed E-state index contributed by atoms with van der Waals surface area (Å²) in [7, 11) is 1.59. The molecule has 0 bridgehead atoms. The van der Waals surface area contributed by atoms with Crippen LogP contribution in [0.15, 0.2) is 12.1 Å². The Morgan fingerprint density at radius 3 is 2.62 bits per heavy atom. The normalized spacial score (nSPS) is 17.5. The quantitative estimate of drug-likeness (QED) is 0.759. The highest BCUT2D eigenvalue weighted by molar-refractivity contribution is 6.18. The van der Waals surface area contributed by atoms with Gasteiger partial charge >= 0.3 is 0 Å². The van der Waals surface area contributed by atoms with E-state index in [1.165, 1.54) is 0 Å². The summed E-state index contributed by atoms with van der Waals surface area (Å²) < 4.78 is 4.98. The Kier molecular flexibility index (Phi) is 3.83. The van der Waals surface area contributed by atoms with Gasteiger partial charge < -0.3 is 9.64 Å². The van der Waals surface area contributed by atoms with Gasteiger partial charge in [0.05, 0.1) is 7.11 Å². The average molecular weight is 242 g/mol. The molecule has 2 rings (SSSR count). The molecule has 1 aliphatic heterocycles. The molecule has 0 N–H and O–H groups in total. The fourth-order valence-corrected chi connectivity index (χ4v) is 2.22. The van der Waals surface area contributed by atoms with E-state index in [1.807, 2.05) is 12.1 Å². The number of halogens is 1. The number of alkyl halides is 1. The molecule has 0 amide bonds. The first-order chi connectivity index (χ1) is 7.83. The predicted molar refractivity (Wildman–Crippen MR) is 64.2 cm³/mol. The van der Waals surface area contributed by atoms with Crippen molar-refractivity contribution >= 4 is 17.4 Å². The molecule has 0 aromatic carbocycles. The number of hydrogen-bond donors (Lipinski definition) is 0. The lowest BCUT2D eigenvalue weighted by Gasteiger charge is -2.31. The Morgan fingerprint density at radius 2 is 2.12 bits per heavy atom. The van der Waals surface area contributed by atoms with Crippen LogP contribution in [0, 0.1) is 5.92 Å². The van der Waals surface area contributed by atoms with Crippen molar-refractivity contribution in [2.75, 3.05) is 31.0 Å². The molecule has 88 valence electrons. The van der Waals surface area contributed by atoms with Crippen molar-refractivity contribution in [1.82, 2.24) is 10.2 Å². The molecular weight excluding hydrogens is 226 g/mol. The number of methoxy groups -OCH3 is 1. The fraction of sp³-hybridized carbons (Fsp3) is 0.636. The molecule has 1 saturated heterocycles. The van der Waals surface area contributed by atoms with Crippen molar-refractivity contribution < 1.29 is 4.74 Å². The number of piperidine rings is 1. The maximum Gasteiger partial charge on any atom is 0.233 e. The van der Waals surface area contributed by atoms with Gasteiger partial charge in [-0.1, -0.05) is 0 Å². The minimum atomic E-state index is 0.555. The third-order valence-electron chi connectivity index (χ3n) is 2.99. The van der Waals surface area contributed by atoms with E-state index in [4.69, 9.17) is 16.3 Å². The molecule has 0 atom stereocenters. The van der Waals surface area contributed by atoms with Gasteiger partial charge in [0.1, 0.15) is 0 Å². The third-order valence-corrected chi connectivity index (χ3v) is 3.43. The SMILES string of the molecule is COc1ccc(N2CCC(CCl)CC2)nn1. The summed E-state index contributed by atoms with van der Waals surface area (Å²) >= 11 is 5.85. The summed E-state index contributed by atoms with van der Waals surface area (Å²) in [4.78, 5) is 2.25. The molecule has 5 heteroatoms. The van der Waals surface area contributed by atoms with E-state index in [9.17, 15) is 0 Å². The summed E-state index contributed by atoms with van der Waals surface area (Å²) in [5, 5.41) is 8.11. The molecule has 1 fully saturated rings. The maximum absolute atomic E-state index is 5.85. The van der Waals surface area contributed by atoms with Crippen molar-refractivity contribution in [2.24, 2.45) is 5.92 Å². The summed E-state index contributed by atoms with van der Waals surface area (Å²) in [6.07, 6.45) is 2.27. The molecule has 0 radical (unpaired) electrons. The predicted octanol–water partition coefficient (Wildman–Crippen LogP) is 1.94. The van der Waals surface area contributed by atoms with E-state index in [1.54, 1.807) is 7.11 Å². The number of aromatic nitrogens is 2. The van der Waals surface area contributed by atoms with Crippen molar-refractivity contribution in [3.05, 3.63) is 12.1 Å². The lowest BCUT2D eigenvalue weighted by atomic mass is 9.99. The van der Waals surface area contributed by atoms with E-state index in [0.717, 1.165) is 37.6 Å². The summed E-state index contributed by atoms with van der Waals surface area (Å²) in [5.41, 5.74) is 0. The summed E-state index contributed by atoms with van der Waals surface area (Å²) in [5.74, 6) is 2.90. The Balaban J connectivity index is 1.97. The van der Waals surface area contributed by atoms with Crippen LogP contribution < -0.4 is 9.64 Å². The second-order valence-corrected chi connectivity index (χ2v) is 4.33. The summed E-state index contributed by atoms with van der Waals surface area (Å²) in [6, 6.07) is 3.79. The van der Waals surface area contributed by atoms with Crippen molar-refractivity contribution in [1.29, 1.82) is 0 Å². The van der Waals surface area contributed by atoms with Crippen molar-refractivity contribution in [3.8, 4) is 5.88 Å². The molecule has 1 aromatic rings. The lowest BCUT2D eigenvalue weighted by Crippen LogP contribution is -2.34. The topological polar surface area (TPSA) is 38.2 Å². The number of anilines is 1. The molecule has 0 unspecified atom stereocenters. The van der Waals surface area contributed by atoms with E-state index >= 15 is 0 Å². The monoisotopic (exact) mass is 241 g/mol. The number of ether oxygens (including phenoxy) is 1. The summed E-state index contributed by atoms with van der Waals surface area (Å²) in [6.45, 7) is 2.02. The second kappa shape index (κ2) is 5.34. The minimum Gasteiger partial charge on any atom is -0.480 e. The largest absolute Gasteiger partial charge is 0.480 e. The van der Waals surface area contributed by atoms with E-state index in [-0.39, 0.29) is 0 Å². The van der Waals surface area contributed by atoms with Crippen LogP contribution in [-0.4, -0.2) is 36.3 Å². The number of hydrogen-bond acceptors (Lipinski definition) is 4. The number of rotatable bonds is 3. The van der Waals surface area contributed by atoms with Gasteiger partial charge in [0.15, 0.2) is 5.82 Å². The zero-order chi connectivity index (χ0) is 11.4. The second-order valence-electron chi connectivity index (χ2n) is 4.02. The van der Waals surface area contributed by atoms with Crippen LogP contribution in [0.5, 0.6) is 5.88 Å². The zero-order valence-corrected chi connectivity index (χ0v) is 10.2. The van der Waals surface area contributed by atoms with E-state index in [0.29, 0.717) is 11.8 Å². The lowest BCUT2D eigenvalue weighted by molar-refractivity contribution is 0.390. The molecule has 0 spiro atoms. The fourth-order valence-electron chi connectivity index (χ4n) is 1.91. The first-order valence-electron chi connectivity index (χ1n) is 5.52. The highest BCUT2D eigenvalue weighted by Crippen LogP contribution is 2.22. The minimum absolute atomic E-state index is 0.555. The molecule has 1 aromatic heterocycles. The van der Waals surface area contributed by atoms with Crippen molar-refractivity contribution in [2.45, 2.75) is 12.8 Å². The molecule has 0 aliphatic carbocycles. The van der Waals surface area contributed by atoms with Gasteiger partial charge in [-0.15, -0.1) is 21.8 Å². The van der Waals surface area contributed by atoms with Crippen LogP contribution in [0.3, 0.4) is 0 Å². The Labute approximate surface area is 101 Å². The Hall–Kier alpha value is -1.03. The first-order valence-corrected chi connectivity index (χ1v) is 6.05. The van der Waals surface area contributed by atoms with Crippen LogP contribution in [0.1, 0.15) is 12.8 Å². The van der Waals surface area contributed by atoms with Crippen LogP contribution in [0.25, 0.3) is 0 Å². The highest BCUT2D eigenvalue weighted by atomic mass is 35.5. The third kappa shape index (κ3) is 2.55. The van der Waals surface area contributed by atoms with Gasteiger partial charge in [0.25, 0.3) is 0 Å². The van der Waals surface area contributed by atoms with Gasteiger partial charge in [-0.05, 0) is 24.8 Å². The molecule has 4 nitrogen and oxygen atoms in total. The van der Waals surface area contributed by atoms with Gasteiger partial charge in [-0.25, -0.2) is 0 Å². The molecule has 1 aliphatic rings. The maximum atomic E-state index is 5.85. The van der Waals surface area contributed by atoms with Crippen LogP contribution in [-0.2, 0) is 0 Å². The van der Waals surface area contributed by atoms with E-state index < -0.39 is 0 Å². The smallest absolute Gasteiger partial charge is 0.233 e. The van der Waals surface area contributed by atoms with Crippen molar-refractivity contribution in [3.63, 3.8) is 0 Å². The molecule has 0 saturated carbocycles. The standard InChI is InChI=1S/C11H16ClN3O/c1-16-11-3-2-10(13-14-11)15-6-4-9(8-12)5-7-15/h2-3,9H,4-8H2,1H3. The van der Waals surface area contributed by atoms with Gasteiger partial charge in [-0.2, -0.15) is 0 Å². The first kappa shape index (κ1) is 11.5. The van der Waals surface area contributed by atoms with Crippen LogP contribution in [0.2, 0.25) is 0 Å². The molecule has 16 heavy (non-hydrogen) atoms. The van der Waals surface area contributed by atoms with Gasteiger partial charge in [0.2, 0.25) is 5.88 Å². The van der Waals surface area contributed by atoms with Crippen LogP contribution in [0.4, 0.5) is 5.82 Å². The Bertz CT molecular complexity index is 323. The average Bonchev–Trinajstić information content (AvgIpc) is 2.39. The Morgan fingerprint density at radius 1 is 1.38 bits per heavy atom. The number of nitrogens with zero attached hydrogens (tertiary/aromatic N) is 3. The molecule has 2 heterocycles. The van der Waals surface area contributed by atoms with Crippen LogP contribution >= 0.6 is 11.6 Å². The van der Waals surface area contributed by atoms with E-state index in [2.05, 4.69) is 15.1 Å². The highest BCUT2D eigenvalue weighted by Gasteiger charge is 2.19. The van der Waals surface area contributed by atoms with Gasteiger partial charge in [-0.3, -0.25) is 0 Å².